The maximum atomic E-state index is 13.6. The van der Waals surface area contributed by atoms with E-state index < -0.39 is 19.9 Å². The number of benzene rings is 1. The predicted molar refractivity (Wildman–Crippen MR) is 124 cm³/mol. The van der Waals surface area contributed by atoms with Crippen molar-refractivity contribution in [2.45, 2.75) is 47.9 Å². The molecule has 0 unspecified atom stereocenters. The first-order valence-electron chi connectivity index (χ1n) is 11.2. The number of nitrogens with zero attached hydrogens (tertiary/aromatic N) is 3. The molecule has 2 aliphatic rings. The first-order chi connectivity index (χ1) is 15.2. The second kappa shape index (κ2) is 9.59. The number of pyridine rings is 1. The summed E-state index contributed by atoms with van der Waals surface area (Å²) in [6.45, 7) is 3.12. The van der Waals surface area contributed by atoms with Gasteiger partial charge in [-0.1, -0.05) is 12.1 Å². The van der Waals surface area contributed by atoms with Crippen LogP contribution in [0.25, 0.3) is 0 Å². The van der Waals surface area contributed by atoms with Gasteiger partial charge in [0.2, 0.25) is 10.0 Å². The molecule has 0 bridgehead atoms. The van der Waals surface area contributed by atoms with Crippen LogP contribution in [0.4, 0.5) is 0 Å². The molecule has 32 heavy (non-hydrogen) atoms. The number of sulfone groups is 1. The Labute approximate surface area is 191 Å². The summed E-state index contributed by atoms with van der Waals surface area (Å²) in [6, 6.07) is 11.6. The molecule has 0 N–H and O–H groups in total. The van der Waals surface area contributed by atoms with Gasteiger partial charge < -0.3 is 4.90 Å². The van der Waals surface area contributed by atoms with Crippen LogP contribution >= 0.6 is 0 Å². The van der Waals surface area contributed by atoms with Gasteiger partial charge >= 0.3 is 0 Å². The van der Waals surface area contributed by atoms with E-state index in [1.165, 1.54) is 24.3 Å². The molecule has 1 saturated carbocycles. The molecule has 1 aromatic carbocycles. The molecule has 0 atom stereocenters. The first-order valence-corrected chi connectivity index (χ1v) is 14.5. The predicted octanol–water partition coefficient (Wildman–Crippen LogP) is 2.59. The Morgan fingerprint density at radius 3 is 2.31 bits per heavy atom. The third-order valence-corrected chi connectivity index (χ3v) is 9.37. The third-order valence-electron chi connectivity index (χ3n) is 6.35. The Bertz CT molecular complexity index is 1120. The maximum Gasteiger partial charge on any atom is 0.243 e. The second-order valence-electron chi connectivity index (χ2n) is 8.91. The average Bonchev–Trinajstić information content (AvgIpc) is 3.61. The molecule has 0 amide bonds. The van der Waals surface area contributed by atoms with Crippen molar-refractivity contribution in [2.24, 2.45) is 5.92 Å². The van der Waals surface area contributed by atoms with Crippen LogP contribution in [0.15, 0.2) is 58.5 Å². The van der Waals surface area contributed by atoms with Crippen LogP contribution in [-0.4, -0.2) is 69.5 Å². The lowest BCUT2D eigenvalue weighted by atomic mass is 10.0. The Morgan fingerprint density at radius 2 is 1.69 bits per heavy atom. The summed E-state index contributed by atoms with van der Waals surface area (Å²) in [4.78, 5) is 6.86. The molecule has 4 rings (SSSR count). The van der Waals surface area contributed by atoms with Gasteiger partial charge in [0.25, 0.3) is 0 Å². The van der Waals surface area contributed by atoms with Gasteiger partial charge in [-0.15, -0.1) is 0 Å². The highest BCUT2D eigenvalue weighted by Gasteiger charge is 2.38. The van der Waals surface area contributed by atoms with E-state index in [9.17, 15) is 16.8 Å². The lowest BCUT2D eigenvalue weighted by Crippen LogP contribution is -2.48. The fourth-order valence-corrected chi connectivity index (χ4v) is 6.80. The molecule has 2 heterocycles. The first kappa shape index (κ1) is 23.4. The van der Waals surface area contributed by atoms with E-state index >= 15 is 0 Å². The molecule has 7 nitrogen and oxygen atoms in total. The molecule has 1 aromatic heterocycles. The average molecular weight is 478 g/mol. The third kappa shape index (κ3) is 5.75. The SMILES string of the molecule is CS(=O)(=O)c1cccc(S(=O)(=O)N(CC2CC2)C2CCN(CCc3ccccn3)CC2)c1. The highest BCUT2D eigenvalue weighted by molar-refractivity contribution is 7.91. The summed E-state index contributed by atoms with van der Waals surface area (Å²) in [5.41, 5.74) is 1.07. The summed E-state index contributed by atoms with van der Waals surface area (Å²) in [6.07, 6.45) is 7.45. The zero-order valence-corrected chi connectivity index (χ0v) is 20.1. The van der Waals surface area contributed by atoms with E-state index in [0.717, 1.165) is 63.7 Å². The lowest BCUT2D eigenvalue weighted by molar-refractivity contribution is 0.157. The standard InChI is InChI=1S/C23H31N3O4S2/c1-31(27,28)22-6-4-7-23(17-22)32(29,30)26(18-19-8-9-19)21-11-15-25(16-12-21)14-10-20-5-2-3-13-24-20/h2-7,13,17,19,21H,8-12,14-16,18H2,1H3. The summed E-state index contributed by atoms with van der Waals surface area (Å²) < 4.78 is 52.7. The Kier molecular flexibility index (Phi) is 7.00. The van der Waals surface area contributed by atoms with Gasteiger partial charge in [0.05, 0.1) is 9.79 Å². The number of hydrogen-bond donors (Lipinski definition) is 0. The van der Waals surface area contributed by atoms with Crippen molar-refractivity contribution in [1.82, 2.24) is 14.2 Å². The molecule has 1 saturated heterocycles. The largest absolute Gasteiger partial charge is 0.303 e. The fourth-order valence-electron chi connectivity index (χ4n) is 4.25. The minimum atomic E-state index is -3.77. The molecule has 2 fully saturated rings. The second-order valence-corrected chi connectivity index (χ2v) is 12.8. The quantitative estimate of drug-likeness (QED) is 0.552. The van der Waals surface area contributed by atoms with Gasteiger partial charge in [-0.2, -0.15) is 4.31 Å². The van der Waals surface area contributed by atoms with Crippen LogP contribution in [0.2, 0.25) is 0 Å². The van der Waals surface area contributed by atoms with Crippen LogP contribution in [0.3, 0.4) is 0 Å². The summed E-state index contributed by atoms with van der Waals surface area (Å²) >= 11 is 0. The zero-order valence-electron chi connectivity index (χ0n) is 18.4. The van der Waals surface area contributed by atoms with Gasteiger partial charge in [-0.05, 0) is 75.0 Å². The monoisotopic (exact) mass is 477 g/mol. The number of piperidine rings is 1. The van der Waals surface area contributed by atoms with Crippen LogP contribution in [0.5, 0.6) is 0 Å². The number of aromatic nitrogens is 1. The molecule has 174 valence electrons. The molecule has 1 aliphatic carbocycles. The molecule has 2 aromatic rings. The Hall–Kier alpha value is -1.81. The maximum absolute atomic E-state index is 13.6. The van der Waals surface area contributed by atoms with Crippen molar-refractivity contribution >= 4 is 19.9 Å². The summed E-state index contributed by atoms with van der Waals surface area (Å²) in [5, 5.41) is 0. The van der Waals surface area contributed by atoms with E-state index in [0.29, 0.717) is 12.5 Å². The van der Waals surface area contributed by atoms with E-state index in [-0.39, 0.29) is 15.8 Å². The van der Waals surface area contributed by atoms with Crippen LogP contribution in [0, 0.1) is 5.92 Å². The number of rotatable bonds is 9. The van der Waals surface area contributed by atoms with E-state index in [2.05, 4.69) is 9.88 Å². The van der Waals surface area contributed by atoms with Gasteiger partial charge in [-0.3, -0.25) is 4.98 Å². The molecule has 0 spiro atoms. The van der Waals surface area contributed by atoms with Crippen LogP contribution in [0.1, 0.15) is 31.4 Å². The van der Waals surface area contributed by atoms with Gasteiger partial charge in [0.1, 0.15) is 0 Å². The van der Waals surface area contributed by atoms with Crippen LogP contribution in [-0.2, 0) is 26.3 Å². The van der Waals surface area contributed by atoms with Gasteiger partial charge in [0, 0.05) is 43.7 Å². The lowest BCUT2D eigenvalue weighted by Gasteiger charge is -2.38. The smallest absolute Gasteiger partial charge is 0.243 e. The number of likely N-dealkylation sites (tertiary alicyclic amines) is 1. The van der Waals surface area contributed by atoms with Crippen LogP contribution < -0.4 is 0 Å². The summed E-state index contributed by atoms with van der Waals surface area (Å²) in [5.74, 6) is 0.407. The summed E-state index contributed by atoms with van der Waals surface area (Å²) in [7, 11) is -7.25. The van der Waals surface area contributed by atoms with Gasteiger partial charge in [-0.25, -0.2) is 16.8 Å². The van der Waals surface area contributed by atoms with Crippen molar-refractivity contribution in [3.8, 4) is 0 Å². The zero-order chi connectivity index (χ0) is 22.8. The van der Waals surface area contributed by atoms with Crippen molar-refractivity contribution in [3.63, 3.8) is 0 Å². The van der Waals surface area contributed by atoms with Gasteiger partial charge in [0.15, 0.2) is 9.84 Å². The van der Waals surface area contributed by atoms with Crippen molar-refractivity contribution < 1.29 is 16.8 Å². The van der Waals surface area contributed by atoms with E-state index in [4.69, 9.17) is 0 Å². The number of sulfonamides is 1. The topological polar surface area (TPSA) is 87.6 Å². The molecular formula is C23H31N3O4S2. The number of hydrogen-bond acceptors (Lipinski definition) is 6. The minimum absolute atomic E-state index is 0.0364. The Morgan fingerprint density at radius 1 is 0.969 bits per heavy atom. The molecular weight excluding hydrogens is 446 g/mol. The molecule has 0 radical (unpaired) electrons. The normalized spacial score (nSPS) is 18.8. The highest BCUT2D eigenvalue weighted by Crippen LogP contribution is 2.34. The minimum Gasteiger partial charge on any atom is -0.303 e. The van der Waals surface area contributed by atoms with E-state index in [1.54, 1.807) is 10.5 Å². The fraction of sp³-hybridized carbons (Fsp3) is 0.522. The van der Waals surface area contributed by atoms with Crippen molar-refractivity contribution in [2.75, 3.05) is 32.4 Å². The molecule has 1 aliphatic heterocycles. The highest BCUT2D eigenvalue weighted by atomic mass is 32.2. The molecule has 9 heteroatoms. The Balaban J connectivity index is 1.46. The van der Waals surface area contributed by atoms with Crippen molar-refractivity contribution in [3.05, 3.63) is 54.4 Å². The van der Waals surface area contributed by atoms with Crippen molar-refractivity contribution in [1.29, 1.82) is 0 Å². The van der Waals surface area contributed by atoms with E-state index in [1.807, 2.05) is 18.2 Å².